The summed E-state index contributed by atoms with van der Waals surface area (Å²) in [6, 6.07) is 22.9. The lowest BCUT2D eigenvalue weighted by Gasteiger charge is -2.24. The van der Waals surface area contributed by atoms with E-state index >= 15 is 0 Å². The first-order valence-corrected chi connectivity index (χ1v) is 12.5. The second-order valence-corrected chi connectivity index (χ2v) is 8.62. The van der Waals surface area contributed by atoms with Crippen molar-refractivity contribution in [3.05, 3.63) is 83.9 Å². The number of rotatable bonds is 10. The Labute approximate surface area is 212 Å². The predicted octanol–water partition coefficient (Wildman–Crippen LogP) is 5.51. The van der Waals surface area contributed by atoms with Gasteiger partial charge in [0.05, 0.1) is 31.1 Å². The highest BCUT2D eigenvalue weighted by molar-refractivity contribution is 6.05. The van der Waals surface area contributed by atoms with E-state index in [-0.39, 0.29) is 24.4 Å². The normalized spacial score (nSPS) is 15.3. The maximum atomic E-state index is 13.1. The van der Waals surface area contributed by atoms with E-state index in [9.17, 15) is 9.59 Å². The van der Waals surface area contributed by atoms with Crippen molar-refractivity contribution in [3.8, 4) is 11.5 Å². The van der Waals surface area contributed by atoms with Crippen LogP contribution in [0.2, 0.25) is 0 Å². The van der Waals surface area contributed by atoms with Crippen LogP contribution >= 0.6 is 0 Å². The van der Waals surface area contributed by atoms with Crippen LogP contribution in [0.4, 0.5) is 11.4 Å². The molecule has 0 saturated carbocycles. The third-order valence-electron chi connectivity index (χ3n) is 6.13. The second-order valence-electron chi connectivity index (χ2n) is 8.62. The van der Waals surface area contributed by atoms with Crippen LogP contribution < -0.4 is 20.1 Å². The van der Waals surface area contributed by atoms with Gasteiger partial charge in [0, 0.05) is 23.7 Å². The molecule has 4 rings (SSSR count). The van der Waals surface area contributed by atoms with E-state index in [1.807, 2.05) is 50.2 Å². The highest BCUT2D eigenvalue weighted by Gasteiger charge is 2.28. The van der Waals surface area contributed by atoms with Crippen LogP contribution in [0, 0.1) is 0 Å². The molecule has 0 aliphatic carbocycles. The van der Waals surface area contributed by atoms with Gasteiger partial charge < -0.3 is 20.1 Å². The van der Waals surface area contributed by atoms with Crippen molar-refractivity contribution in [2.75, 3.05) is 36.9 Å². The Hall–Kier alpha value is -3.84. The molecule has 3 aromatic carbocycles. The molecule has 1 heterocycles. The number of carbonyl (C=O) groups is 2. The zero-order valence-corrected chi connectivity index (χ0v) is 20.8. The summed E-state index contributed by atoms with van der Waals surface area (Å²) in [5.41, 5.74) is 2.76. The number of nitrogens with zero attached hydrogens (tertiary/aromatic N) is 1. The Morgan fingerprint density at radius 2 is 1.44 bits per heavy atom. The fourth-order valence-corrected chi connectivity index (χ4v) is 4.53. The van der Waals surface area contributed by atoms with Gasteiger partial charge in [-0.2, -0.15) is 0 Å². The third-order valence-corrected chi connectivity index (χ3v) is 6.13. The molecule has 0 bridgehead atoms. The van der Waals surface area contributed by atoms with Crippen LogP contribution in [0.1, 0.15) is 48.7 Å². The number of carbonyl (C=O) groups excluding carboxylic acids is 2. The Kier molecular flexibility index (Phi) is 8.57. The maximum Gasteiger partial charge on any atom is 0.255 e. The minimum atomic E-state index is -0.253. The Morgan fingerprint density at radius 3 is 2.06 bits per heavy atom. The van der Waals surface area contributed by atoms with Gasteiger partial charge in [-0.1, -0.05) is 48.5 Å². The molecule has 1 aliphatic rings. The lowest BCUT2D eigenvalue weighted by Crippen LogP contribution is -2.33. The van der Waals surface area contributed by atoms with Crippen LogP contribution in [-0.2, 0) is 4.79 Å². The maximum absolute atomic E-state index is 13.1. The molecule has 36 heavy (non-hydrogen) atoms. The molecule has 7 nitrogen and oxygen atoms in total. The molecule has 3 aromatic rings. The fraction of sp³-hybridized carbons (Fsp3) is 0.310. The van der Waals surface area contributed by atoms with E-state index < -0.39 is 0 Å². The second kappa shape index (κ2) is 12.2. The Bertz CT molecular complexity index is 1170. The molecule has 1 aliphatic heterocycles. The van der Waals surface area contributed by atoms with E-state index in [0.717, 1.165) is 19.4 Å². The van der Waals surface area contributed by atoms with E-state index in [1.165, 1.54) is 5.56 Å². The third kappa shape index (κ3) is 6.23. The highest BCUT2D eigenvalue weighted by atomic mass is 16.5. The summed E-state index contributed by atoms with van der Waals surface area (Å²) in [6.07, 6.45) is 2.09. The lowest BCUT2D eigenvalue weighted by molar-refractivity contribution is -0.117. The van der Waals surface area contributed by atoms with Gasteiger partial charge in [0.2, 0.25) is 5.91 Å². The van der Waals surface area contributed by atoms with Crippen LogP contribution in [-0.4, -0.2) is 43.0 Å². The van der Waals surface area contributed by atoms with Crippen LogP contribution in [0.15, 0.2) is 72.8 Å². The number of benzene rings is 3. The van der Waals surface area contributed by atoms with E-state index in [4.69, 9.17) is 9.47 Å². The summed E-state index contributed by atoms with van der Waals surface area (Å²) in [4.78, 5) is 28.1. The quantitative estimate of drug-likeness (QED) is 0.394. The number of ether oxygens (including phenoxy) is 2. The number of amides is 2. The summed E-state index contributed by atoms with van der Waals surface area (Å²) in [5, 5.41) is 5.92. The van der Waals surface area contributed by atoms with Crippen molar-refractivity contribution in [2.24, 2.45) is 0 Å². The van der Waals surface area contributed by atoms with Crippen molar-refractivity contribution in [2.45, 2.75) is 32.7 Å². The lowest BCUT2D eigenvalue weighted by atomic mass is 10.0. The molecule has 0 spiro atoms. The molecule has 0 aromatic heterocycles. The van der Waals surface area contributed by atoms with Gasteiger partial charge in [0.1, 0.15) is 11.5 Å². The topological polar surface area (TPSA) is 79.9 Å². The summed E-state index contributed by atoms with van der Waals surface area (Å²) in [7, 11) is 0. The average molecular weight is 488 g/mol. The van der Waals surface area contributed by atoms with Crippen LogP contribution in [0.25, 0.3) is 0 Å². The van der Waals surface area contributed by atoms with Gasteiger partial charge in [0.15, 0.2) is 0 Å². The average Bonchev–Trinajstić information content (AvgIpc) is 3.35. The molecule has 2 amide bonds. The summed E-state index contributed by atoms with van der Waals surface area (Å²) < 4.78 is 11.6. The number of hydrogen-bond donors (Lipinski definition) is 2. The zero-order valence-electron chi connectivity index (χ0n) is 20.8. The largest absolute Gasteiger partial charge is 0.492 e. The van der Waals surface area contributed by atoms with Gasteiger partial charge in [-0.25, -0.2) is 0 Å². The first-order chi connectivity index (χ1) is 17.6. The standard InChI is InChI=1S/C29H33N3O4/c1-3-35-26-19-24(31-29(34)22-14-9-6-10-15-22)27(36-4-2)18-23(26)30-28(33)20-32-17-11-16-25(32)21-12-7-5-8-13-21/h5-10,12-15,18-19,25H,3-4,11,16-17,20H2,1-2H3,(H,30,33)(H,31,34). The van der Waals surface area contributed by atoms with Gasteiger partial charge in [-0.05, 0) is 50.9 Å². The molecule has 2 N–H and O–H groups in total. The van der Waals surface area contributed by atoms with Crippen molar-refractivity contribution in [1.82, 2.24) is 4.90 Å². The molecule has 0 radical (unpaired) electrons. The van der Waals surface area contributed by atoms with Gasteiger partial charge in [-0.3, -0.25) is 14.5 Å². The molecule has 1 fully saturated rings. The zero-order chi connectivity index (χ0) is 25.3. The summed E-state index contributed by atoms with van der Waals surface area (Å²) in [6.45, 7) is 5.71. The Balaban J connectivity index is 1.52. The molecule has 7 heteroatoms. The number of nitrogens with one attached hydrogen (secondary N) is 2. The van der Waals surface area contributed by atoms with Crippen LogP contribution in [0.3, 0.4) is 0 Å². The summed E-state index contributed by atoms with van der Waals surface area (Å²) >= 11 is 0. The highest BCUT2D eigenvalue weighted by Crippen LogP contribution is 2.37. The number of likely N-dealkylation sites (tertiary alicyclic amines) is 1. The first kappa shape index (κ1) is 25.3. The first-order valence-electron chi connectivity index (χ1n) is 12.5. The van der Waals surface area contributed by atoms with Gasteiger partial charge >= 0.3 is 0 Å². The summed E-state index contributed by atoms with van der Waals surface area (Å²) in [5.74, 6) is 0.557. The molecule has 1 saturated heterocycles. The molecular formula is C29H33N3O4. The minimum absolute atomic E-state index is 0.123. The van der Waals surface area contributed by atoms with Crippen molar-refractivity contribution in [1.29, 1.82) is 0 Å². The minimum Gasteiger partial charge on any atom is -0.492 e. The van der Waals surface area contributed by atoms with E-state index in [2.05, 4.69) is 27.7 Å². The van der Waals surface area contributed by atoms with Gasteiger partial charge in [-0.15, -0.1) is 0 Å². The fourth-order valence-electron chi connectivity index (χ4n) is 4.53. The molecular weight excluding hydrogens is 454 g/mol. The van der Waals surface area contributed by atoms with E-state index in [1.54, 1.807) is 24.3 Å². The van der Waals surface area contributed by atoms with E-state index in [0.29, 0.717) is 41.7 Å². The monoisotopic (exact) mass is 487 g/mol. The smallest absolute Gasteiger partial charge is 0.255 e. The number of anilines is 2. The molecule has 188 valence electrons. The van der Waals surface area contributed by atoms with Crippen molar-refractivity contribution >= 4 is 23.2 Å². The molecule has 1 unspecified atom stereocenters. The Morgan fingerprint density at radius 1 is 0.861 bits per heavy atom. The molecule has 1 atom stereocenters. The van der Waals surface area contributed by atoms with Crippen molar-refractivity contribution in [3.63, 3.8) is 0 Å². The SMILES string of the molecule is CCOc1cc(NC(=O)c2ccccc2)c(OCC)cc1NC(=O)CN1CCCC1c1ccccc1. The van der Waals surface area contributed by atoms with Crippen molar-refractivity contribution < 1.29 is 19.1 Å². The van der Waals surface area contributed by atoms with Gasteiger partial charge in [0.25, 0.3) is 5.91 Å². The predicted molar refractivity (Wildman–Crippen MR) is 142 cm³/mol. The van der Waals surface area contributed by atoms with Crippen LogP contribution in [0.5, 0.6) is 11.5 Å². The number of hydrogen-bond acceptors (Lipinski definition) is 5.